The first-order chi connectivity index (χ1) is 8.92. The molecule has 1 amide bonds. The maximum Gasteiger partial charge on any atom is 0.411 e. The predicted molar refractivity (Wildman–Crippen MR) is 76.0 cm³/mol. The van der Waals surface area contributed by atoms with Gasteiger partial charge in [-0.15, -0.1) is 6.58 Å². The highest BCUT2D eigenvalue weighted by molar-refractivity contribution is 5.70. The van der Waals surface area contributed by atoms with Crippen LogP contribution in [0.2, 0.25) is 0 Å². The highest BCUT2D eigenvalue weighted by atomic mass is 16.6. The molecular weight excluding hydrogens is 238 g/mol. The zero-order valence-corrected chi connectivity index (χ0v) is 11.8. The quantitative estimate of drug-likeness (QED) is 0.720. The van der Waals surface area contributed by atoms with Crippen LogP contribution in [0.3, 0.4) is 0 Å². The van der Waals surface area contributed by atoms with Gasteiger partial charge in [0.25, 0.3) is 0 Å². The summed E-state index contributed by atoms with van der Waals surface area (Å²) in [4.78, 5) is 14.0. The van der Waals surface area contributed by atoms with E-state index in [0.717, 1.165) is 12.0 Å². The summed E-state index contributed by atoms with van der Waals surface area (Å²) in [5.41, 5.74) is 1.96. The van der Waals surface area contributed by atoms with Gasteiger partial charge in [-0.25, -0.2) is 4.79 Å². The minimum Gasteiger partial charge on any atom is -0.444 e. The third-order valence-corrected chi connectivity index (χ3v) is 3.18. The van der Waals surface area contributed by atoms with E-state index in [1.807, 2.05) is 39.0 Å². The molecule has 19 heavy (non-hydrogen) atoms. The molecule has 0 aromatic heterocycles. The average molecular weight is 259 g/mol. The molecule has 1 atom stereocenters. The Morgan fingerprint density at radius 1 is 1.42 bits per heavy atom. The first kappa shape index (κ1) is 13.7. The number of nitrogens with zero attached hydrogens (tertiary/aromatic N) is 1. The highest BCUT2D eigenvalue weighted by Crippen LogP contribution is 2.31. The van der Waals surface area contributed by atoms with Gasteiger partial charge in [-0.05, 0) is 38.3 Å². The van der Waals surface area contributed by atoms with Crippen LogP contribution in [-0.2, 0) is 11.2 Å². The monoisotopic (exact) mass is 259 g/mol. The number of amides is 1. The molecule has 0 fully saturated rings. The topological polar surface area (TPSA) is 29.5 Å². The van der Waals surface area contributed by atoms with Crippen molar-refractivity contribution in [1.82, 2.24) is 4.90 Å². The molecule has 1 aromatic rings. The van der Waals surface area contributed by atoms with Crippen molar-refractivity contribution in [2.45, 2.75) is 38.8 Å². The van der Waals surface area contributed by atoms with Crippen molar-refractivity contribution >= 4 is 6.09 Å². The molecule has 2 rings (SSSR count). The number of carbonyl (C=O) groups is 1. The van der Waals surface area contributed by atoms with Crippen LogP contribution in [0.25, 0.3) is 0 Å². The van der Waals surface area contributed by atoms with Gasteiger partial charge >= 0.3 is 6.09 Å². The Kier molecular flexibility index (Phi) is 3.65. The van der Waals surface area contributed by atoms with Crippen LogP contribution in [0.4, 0.5) is 4.79 Å². The minimum absolute atomic E-state index is 0.0974. The summed E-state index contributed by atoms with van der Waals surface area (Å²) in [6.45, 7) is 10.2. The molecule has 1 aliphatic rings. The first-order valence-electron chi connectivity index (χ1n) is 6.62. The van der Waals surface area contributed by atoms with Crippen molar-refractivity contribution in [3.8, 4) is 0 Å². The third-order valence-electron chi connectivity index (χ3n) is 3.18. The fourth-order valence-corrected chi connectivity index (χ4v) is 2.38. The second kappa shape index (κ2) is 5.08. The van der Waals surface area contributed by atoms with Gasteiger partial charge in [-0.1, -0.05) is 30.3 Å². The summed E-state index contributed by atoms with van der Waals surface area (Å²) in [5.74, 6) is 0. The number of benzene rings is 1. The van der Waals surface area contributed by atoms with Crippen LogP contribution in [-0.4, -0.2) is 23.1 Å². The van der Waals surface area contributed by atoms with Crippen molar-refractivity contribution in [2.24, 2.45) is 0 Å². The second-order valence-corrected chi connectivity index (χ2v) is 5.80. The molecule has 0 aliphatic carbocycles. The van der Waals surface area contributed by atoms with Crippen LogP contribution >= 0.6 is 0 Å². The lowest BCUT2D eigenvalue weighted by molar-refractivity contribution is 0.0185. The summed E-state index contributed by atoms with van der Waals surface area (Å²) in [7, 11) is 0. The van der Waals surface area contributed by atoms with Crippen LogP contribution in [0, 0.1) is 0 Å². The second-order valence-electron chi connectivity index (χ2n) is 5.80. The van der Waals surface area contributed by atoms with Crippen LogP contribution in [0.15, 0.2) is 36.9 Å². The van der Waals surface area contributed by atoms with Crippen LogP contribution in [0.5, 0.6) is 0 Å². The number of rotatable bonds is 1. The molecule has 0 N–H and O–H groups in total. The smallest absolute Gasteiger partial charge is 0.411 e. The molecule has 0 spiro atoms. The molecule has 0 bridgehead atoms. The molecule has 1 aliphatic heterocycles. The van der Waals surface area contributed by atoms with E-state index in [9.17, 15) is 4.79 Å². The SMILES string of the molecule is C=CC1c2ccccc2CCN1C(=O)OC(C)(C)C. The van der Waals surface area contributed by atoms with Crippen molar-refractivity contribution in [1.29, 1.82) is 0 Å². The fourth-order valence-electron chi connectivity index (χ4n) is 2.38. The van der Waals surface area contributed by atoms with E-state index in [4.69, 9.17) is 4.74 Å². The van der Waals surface area contributed by atoms with E-state index in [-0.39, 0.29) is 12.1 Å². The fraction of sp³-hybridized carbons (Fsp3) is 0.438. The number of hydrogen-bond acceptors (Lipinski definition) is 2. The van der Waals surface area contributed by atoms with E-state index in [0.29, 0.717) is 6.54 Å². The van der Waals surface area contributed by atoms with E-state index in [1.165, 1.54) is 5.56 Å². The number of ether oxygens (including phenoxy) is 1. The van der Waals surface area contributed by atoms with Gasteiger partial charge in [-0.3, -0.25) is 4.90 Å². The molecule has 0 saturated heterocycles. The number of hydrogen-bond donors (Lipinski definition) is 0. The van der Waals surface area contributed by atoms with Gasteiger partial charge in [0.1, 0.15) is 5.60 Å². The van der Waals surface area contributed by atoms with Crippen molar-refractivity contribution < 1.29 is 9.53 Å². The molecule has 3 heteroatoms. The van der Waals surface area contributed by atoms with Crippen LogP contribution in [0.1, 0.15) is 37.9 Å². The summed E-state index contributed by atoms with van der Waals surface area (Å²) in [6.07, 6.45) is 2.40. The summed E-state index contributed by atoms with van der Waals surface area (Å²) < 4.78 is 5.46. The lowest BCUT2D eigenvalue weighted by Gasteiger charge is -2.36. The zero-order valence-electron chi connectivity index (χ0n) is 11.8. The van der Waals surface area contributed by atoms with Gasteiger partial charge in [0.15, 0.2) is 0 Å². The molecule has 3 nitrogen and oxygen atoms in total. The van der Waals surface area contributed by atoms with Gasteiger partial charge in [0.2, 0.25) is 0 Å². The molecular formula is C16H21NO2. The maximum atomic E-state index is 12.2. The van der Waals surface area contributed by atoms with E-state index in [2.05, 4.69) is 18.7 Å². The van der Waals surface area contributed by atoms with Crippen molar-refractivity contribution in [2.75, 3.05) is 6.54 Å². The van der Waals surface area contributed by atoms with E-state index >= 15 is 0 Å². The third kappa shape index (κ3) is 2.98. The van der Waals surface area contributed by atoms with E-state index < -0.39 is 5.60 Å². The average Bonchev–Trinajstić information content (AvgIpc) is 2.35. The maximum absolute atomic E-state index is 12.2. The molecule has 1 aromatic carbocycles. The predicted octanol–water partition coefficient (Wildman–Crippen LogP) is 3.71. The normalized spacial score (nSPS) is 18.7. The molecule has 102 valence electrons. The minimum atomic E-state index is -0.472. The lowest BCUT2D eigenvalue weighted by Crippen LogP contribution is -2.42. The highest BCUT2D eigenvalue weighted by Gasteiger charge is 2.31. The van der Waals surface area contributed by atoms with Gasteiger partial charge in [0, 0.05) is 6.54 Å². The molecule has 0 saturated carbocycles. The Morgan fingerprint density at radius 2 is 2.11 bits per heavy atom. The number of carbonyl (C=O) groups excluding carboxylic acids is 1. The van der Waals surface area contributed by atoms with Gasteiger partial charge in [-0.2, -0.15) is 0 Å². The lowest BCUT2D eigenvalue weighted by atomic mass is 9.93. The Bertz CT molecular complexity index is 488. The summed E-state index contributed by atoms with van der Waals surface area (Å²) in [5, 5.41) is 0. The Hall–Kier alpha value is -1.77. The summed E-state index contributed by atoms with van der Waals surface area (Å²) in [6, 6.07) is 8.09. The van der Waals surface area contributed by atoms with Crippen molar-refractivity contribution in [3.63, 3.8) is 0 Å². The van der Waals surface area contributed by atoms with E-state index in [1.54, 1.807) is 4.90 Å². The molecule has 0 radical (unpaired) electrons. The largest absolute Gasteiger partial charge is 0.444 e. The Morgan fingerprint density at radius 3 is 2.74 bits per heavy atom. The van der Waals surface area contributed by atoms with Crippen LogP contribution < -0.4 is 0 Å². The van der Waals surface area contributed by atoms with Crippen molar-refractivity contribution in [3.05, 3.63) is 48.0 Å². The summed E-state index contributed by atoms with van der Waals surface area (Å²) >= 11 is 0. The first-order valence-corrected chi connectivity index (χ1v) is 6.62. The molecule has 1 heterocycles. The standard InChI is InChI=1S/C16H21NO2/c1-5-14-13-9-7-6-8-12(13)10-11-17(14)15(18)19-16(2,3)4/h5-9,14H,1,10-11H2,2-4H3. The Labute approximate surface area is 114 Å². The Balaban J connectivity index is 2.25. The number of fused-ring (bicyclic) bond motifs is 1. The van der Waals surface area contributed by atoms with Gasteiger partial charge in [0.05, 0.1) is 6.04 Å². The molecule has 1 unspecified atom stereocenters. The zero-order chi connectivity index (χ0) is 14.0. The van der Waals surface area contributed by atoms with Gasteiger partial charge < -0.3 is 4.74 Å².